The molecule has 4 heteroatoms. The van der Waals surface area contributed by atoms with Crippen LogP contribution in [0.25, 0.3) is 28.1 Å². The Hall–Kier alpha value is -3.01. The number of carbonyl (C=O) groups is 1. The van der Waals surface area contributed by atoms with E-state index in [0.717, 1.165) is 41.0 Å². The zero-order chi connectivity index (χ0) is 20.0. The van der Waals surface area contributed by atoms with E-state index in [1.807, 2.05) is 6.08 Å². The minimum absolute atomic E-state index is 0.218. The van der Waals surface area contributed by atoms with Crippen molar-refractivity contribution in [3.63, 3.8) is 0 Å². The van der Waals surface area contributed by atoms with Gasteiger partial charge in [-0.3, -0.25) is 4.79 Å². The largest absolute Gasteiger partial charge is 0.469 e. The van der Waals surface area contributed by atoms with Crippen LogP contribution in [0.4, 0.5) is 5.69 Å². The molecule has 0 aliphatic carbocycles. The Bertz CT molecular complexity index is 1090. The maximum atomic E-state index is 12.3. The third kappa shape index (κ3) is 2.71. The third-order valence-corrected chi connectivity index (χ3v) is 5.87. The Labute approximate surface area is 166 Å². The van der Waals surface area contributed by atoms with Gasteiger partial charge in [0.15, 0.2) is 0 Å². The van der Waals surface area contributed by atoms with Gasteiger partial charge in [-0.1, -0.05) is 36.4 Å². The van der Waals surface area contributed by atoms with Crippen LogP contribution >= 0.6 is 0 Å². The van der Waals surface area contributed by atoms with E-state index < -0.39 is 0 Å². The first-order valence-corrected chi connectivity index (χ1v) is 9.62. The van der Waals surface area contributed by atoms with Crippen LogP contribution in [-0.2, 0) is 22.5 Å². The van der Waals surface area contributed by atoms with Crippen LogP contribution in [0.15, 0.2) is 36.9 Å². The van der Waals surface area contributed by atoms with Gasteiger partial charge in [-0.25, -0.2) is 0 Å². The first-order valence-electron chi connectivity index (χ1n) is 9.62. The number of likely N-dealkylation sites (N-methyl/N-ethyl adjacent to an activating group) is 1. The van der Waals surface area contributed by atoms with Gasteiger partial charge in [0.2, 0.25) is 0 Å². The monoisotopic (exact) mass is 374 g/mol. The van der Waals surface area contributed by atoms with Crippen molar-refractivity contribution < 1.29 is 9.53 Å². The van der Waals surface area contributed by atoms with Gasteiger partial charge >= 0.3 is 5.97 Å². The molecule has 0 radical (unpaired) electrons. The first-order chi connectivity index (χ1) is 13.5. The van der Waals surface area contributed by atoms with Crippen molar-refractivity contribution in [2.45, 2.75) is 26.8 Å². The summed E-state index contributed by atoms with van der Waals surface area (Å²) >= 11 is 0. The van der Waals surface area contributed by atoms with Gasteiger partial charge in [0.25, 0.3) is 0 Å². The lowest BCUT2D eigenvalue weighted by atomic mass is 9.88. The number of anilines is 1. The second-order valence-corrected chi connectivity index (χ2v) is 7.55. The maximum absolute atomic E-state index is 12.3. The maximum Gasteiger partial charge on any atom is 0.310 e. The van der Waals surface area contributed by atoms with Crippen molar-refractivity contribution in [2.24, 2.45) is 0 Å². The number of carbonyl (C=O) groups excluding carboxylic acids is 1. The van der Waals surface area contributed by atoms with Crippen LogP contribution < -0.4 is 4.90 Å². The van der Waals surface area contributed by atoms with Gasteiger partial charge in [0.1, 0.15) is 0 Å². The highest BCUT2D eigenvalue weighted by molar-refractivity contribution is 6.07. The lowest BCUT2D eigenvalue weighted by Crippen LogP contribution is -2.29. The van der Waals surface area contributed by atoms with E-state index in [2.05, 4.69) is 67.3 Å². The van der Waals surface area contributed by atoms with Crippen LogP contribution in [-0.4, -0.2) is 31.2 Å². The van der Waals surface area contributed by atoms with E-state index in [1.54, 1.807) is 0 Å². The molecular formula is C24H26N2O2. The Morgan fingerprint density at radius 1 is 1.21 bits per heavy atom. The van der Waals surface area contributed by atoms with E-state index in [1.165, 1.54) is 29.3 Å². The summed E-state index contributed by atoms with van der Waals surface area (Å²) in [5.74, 6) is -0.218. The highest BCUT2D eigenvalue weighted by Gasteiger charge is 2.27. The van der Waals surface area contributed by atoms with E-state index >= 15 is 0 Å². The molecule has 0 bridgehead atoms. The number of aromatic nitrogens is 1. The predicted octanol–water partition coefficient (Wildman–Crippen LogP) is 4.73. The standard InChI is InChI=1S/C24H26N2O2/c1-6-18-13-20-22(17-9-7-15(2)8-10-17)19(14-21(27)28-5)16(3)23-24(20)26(18)12-11-25(23)4/h6-10,13H,1,11-12,14H2,2-5H3. The van der Waals surface area contributed by atoms with Crippen LogP contribution in [0.3, 0.4) is 0 Å². The van der Waals surface area contributed by atoms with Crippen LogP contribution in [0.1, 0.15) is 22.4 Å². The van der Waals surface area contributed by atoms with Gasteiger partial charge in [0.05, 0.1) is 24.7 Å². The fraction of sp³-hybridized carbons (Fsp3) is 0.292. The number of methoxy groups -OCH3 is 1. The van der Waals surface area contributed by atoms with E-state index in [-0.39, 0.29) is 12.4 Å². The Morgan fingerprint density at radius 2 is 1.93 bits per heavy atom. The average Bonchev–Trinajstić information content (AvgIpc) is 3.06. The highest BCUT2D eigenvalue weighted by Crippen LogP contribution is 2.44. The summed E-state index contributed by atoms with van der Waals surface area (Å²) in [4.78, 5) is 14.6. The number of hydrogen-bond donors (Lipinski definition) is 0. The Balaban J connectivity index is 2.14. The van der Waals surface area contributed by atoms with Crippen LogP contribution in [0.5, 0.6) is 0 Å². The molecule has 0 N–H and O–H groups in total. The molecule has 4 rings (SSSR count). The number of nitrogens with zero attached hydrogens (tertiary/aromatic N) is 2. The van der Waals surface area contributed by atoms with Gasteiger partial charge in [-0.2, -0.15) is 0 Å². The van der Waals surface area contributed by atoms with Gasteiger partial charge in [0, 0.05) is 31.2 Å². The molecule has 0 spiro atoms. The van der Waals surface area contributed by atoms with Gasteiger partial charge in [-0.05, 0) is 48.2 Å². The van der Waals surface area contributed by atoms with E-state index in [9.17, 15) is 4.79 Å². The summed E-state index contributed by atoms with van der Waals surface area (Å²) in [5.41, 5.74) is 9.19. The summed E-state index contributed by atoms with van der Waals surface area (Å²) in [6.45, 7) is 10.1. The lowest BCUT2D eigenvalue weighted by molar-refractivity contribution is -0.139. The zero-order valence-corrected chi connectivity index (χ0v) is 17.0. The zero-order valence-electron chi connectivity index (χ0n) is 17.0. The quantitative estimate of drug-likeness (QED) is 0.619. The Morgan fingerprint density at radius 3 is 2.57 bits per heavy atom. The highest BCUT2D eigenvalue weighted by atomic mass is 16.5. The number of aryl methyl sites for hydroxylation is 1. The normalized spacial score (nSPS) is 13.1. The lowest BCUT2D eigenvalue weighted by Gasteiger charge is -2.31. The summed E-state index contributed by atoms with van der Waals surface area (Å²) in [6, 6.07) is 10.7. The van der Waals surface area contributed by atoms with Gasteiger partial charge < -0.3 is 14.2 Å². The summed E-state index contributed by atoms with van der Waals surface area (Å²) in [7, 11) is 3.57. The van der Waals surface area contributed by atoms with Crippen molar-refractivity contribution in [1.82, 2.24) is 4.57 Å². The summed E-state index contributed by atoms with van der Waals surface area (Å²) in [6.07, 6.45) is 2.18. The van der Waals surface area contributed by atoms with Crippen LogP contribution in [0, 0.1) is 13.8 Å². The molecule has 0 unspecified atom stereocenters. The second kappa shape index (κ2) is 6.86. The summed E-state index contributed by atoms with van der Waals surface area (Å²) < 4.78 is 7.37. The molecule has 0 saturated heterocycles. The SMILES string of the molecule is C=Cc1cc2c(-c3ccc(C)cc3)c(CC(=O)OC)c(C)c3c2n1CCN3C. The number of benzene rings is 2. The van der Waals surface area contributed by atoms with Crippen molar-refractivity contribution in [1.29, 1.82) is 0 Å². The molecule has 3 aromatic rings. The molecule has 0 saturated carbocycles. The molecule has 2 aromatic carbocycles. The molecule has 144 valence electrons. The molecular weight excluding hydrogens is 348 g/mol. The smallest absolute Gasteiger partial charge is 0.310 e. The fourth-order valence-electron chi connectivity index (χ4n) is 4.41. The molecule has 1 aromatic heterocycles. The Kier molecular flexibility index (Phi) is 4.50. The number of esters is 1. The second-order valence-electron chi connectivity index (χ2n) is 7.55. The topological polar surface area (TPSA) is 34.5 Å². The minimum Gasteiger partial charge on any atom is -0.469 e. The van der Waals surface area contributed by atoms with E-state index in [4.69, 9.17) is 4.74 Å². The van der Waals surface area contributed by atoms with Crippen molar-refractivity contribution >= 4 is 28.6 Å². The molecule has 0 amide bonds. The molecule has 2 heterocycles. The number of ether oxygens (including phenoxy) is 1. The van der Waals surface area contributed by atoms with Crippen molar-refractivity contribution in [2.75, 3.05) is 25.6 Å². The van der Waals surface area contributed by atoms with Gasteiger partial charge in [-0.15, -0.1) is 0 Å². The van der Waals surface area contributed by atoms with E-state index in [0.29, 0.717) is 0 Å². The molecule has 0 fully saturated rings. The third-order valence-electron chi connectivity index (χ3n) is 5.87. The molecule has 0 atom stereocenters. The fourth-order valence-corrected chi connectivity index (χ4v) is 4.41. The van der Waals surface area contributed by atoms with Crippen molar-refractivity contribution in [3.05, 3.63) is 59.3 Å². The molecule has 28 heavy (non-hydrogen) atoms. The average molecular weight is 374 g/mol. The summed E-state index contributed by atoms with van der Waals surface area (Å²) in [5, 5.41) is 1.17. The molecule has 4 nitrogen and oxygen atoms in total. The minimum atomic E-state index is -0.218. The predicted molar refractivity (Wildman–Crippen MR) is 116 cm³/mol. The number of hydrogen-bond acceptors (Lipinski definition) is 3. The molecule has 1 aliphatic rings. The van der Waals surface area contributed by atoms with Crippen LogP contribution in [0.2, 0.25) is 0 Å². The van der Waals surface area contributed by atoms with Crippen molar-refractivity contribution in [3.8, 4) is 11.1 Å². The first kappa shape index (κ1) is 18.4. The number of rotatable bonds is 4. The molecule has 1 aliphatic heterocycles.